The van der Waals surface area contributed by atoms with Gasteiger partial charge in [-0.05, 0) is 49.4 Å². The van der Waals surface area contributed by atoms with E-state index in [0.29, 0.717) is 6.04 Å². The molecule has 0 bridgehead atoms. The Kier molecular flexibility index (Phi) is 4.49. The maximum atomic E-state index is 5.89. The molecule has 0 spiro atoms. The van der Waals surface area contributed by atoms with E-state index in [1.165, 1.54) is 31.4 Å². The van der Waals surface area contributed by atoms with Gasteiger partial charge in [-0.2, -0.15) is 0 Å². The molecule has 1 aliphatic carbocycles. The van der Waals surface area contributed by atoms with E-state index >= 15 is 0 Å². The van der Waals surface area contributed by atoms with E-state index in [-0.39, 0.29) is 0 Å². The lowest BCUT2D eigenvalue weighted by Gasteiger charge is -2.32. The highest BCUT2D eigenvalue weighted by Crippen LogP contribution is 2.30. The molecular weight excluding hydrogens is 230 g/mol. The molecule has 1 aromatic rings. The zero-order valence-electron chi connectivity index (χ0n) is 10.2. The van der Waals surface area contributed by atoms with E-state index in [2.05, 4.69) is 24.0 Å². The van der Waals surface area contributed by atoms with Crippen molar-refractivity contribution in [1.82, 2.24) is 0 Å². The van der Waals surface area contributed by atoms with E-state index in [1.54, 1.807) is 0 Å². The van der Waals surface area contributed by atoms with Gasteiger partial charge in [-0.3, -0.25) is 0 Å². The highest BCUT2D eigenvalue weighted by molar-refractivity contribution is 6.30. The molecule has 1 saturated carbocycles. The molecule has 2 unspecified atom stereocenters. The van der Waals surface area contributed by atoms with Gasteiger partial charge in [0.25, 0.3) is 0 Å². The fourth-order valence-corrected chi connectivity index (χ4v) is 2.78. The molecule has 2 atom stereocenters. The maximum Gasteiger partial charge on any atom is 0.0407 e. The summed E-state index contributed by atoms with van der Waals surface area (Å²) in [6.45, 7) is 3.86. The van der Waals surface area contributed by atoms with E-state index in [4.69, 9.17) is 11.6 Å². The maximum absolute atomic E-state index is 5.89. The average molecular weight is 250 g/mol. The molecular formula is C15H20ClN. The fourth-order valence-electron chi connectivity index (χ4n) is 2.65. The van der Waals surface area contributed by atoms with Gasteiger partial charge in [0.05, 0.1) is 0 Å². The van der Waals surface area contributed by atoms with Crippen LogP contribution in [0.4, 0.5) is 5.69 Å². The normalized spacial score (nSPS) is 24.3. The Labute approximate surface area is 109 Å². The van der Waals surface area contributed by atoms with Crippen LogP contribution in [0.5, 0.6) is 0 Å². The van der Waals surface area contributed by atoms with Crippen molar-refractivity contribution in [3.05, 3.63) is 41.9 Å². The van der Waals surface area contributed by atoms with Crippen LogP contribution < -0.4 is 5.32 Å². The zero-order valence-corrected chi connectivity index (χ0v) is 10.9. The first kappa shape index (κ1) is 12.5. The van der Waals surface area contributed by atoms with Gasteiger partial charge in [-0.15, -0.1) is 6.58 Å². The molecule has 0 saturated heterocycles. The number of benzene rings is 1. The second-order valence-corrected chi connectivity index (χ2v) is 5.26. The van der Waals surface area contributed by atoms with Crippen molar-refractivity contribution < 1.29 is 0 Å². The average Bonchev–Trinajstić information content (AvgIpc) is 2.35. The number of allylic oxidation sites excluding steroid dienone is 1. The fraction of sp³-hybridized carbons (Fsp3) is 0.467. The van der Waals surface area contributed by atoms with Crippen LogP contribution in [-0.2, 0) is 0 Å². The first-order valence-electron chi connectivity index (χ1n) is 6.42. The highest BCUT2D eigenvalue weighted by Gasteiger charge is 2.23. The predicted molar refractivity (Wildman–Crippen MR) is 75.6 cm³/mol. The molecule has 1 aliphatic rings. The molecule has 17 heavy (non-hydrogen) atoms. The van der Waals surface area contributed by atoms with Gasteiger partial charge < -0.3 is 5.32 Å². The van der Waals surface area contributed by atoms with Crippen molar-refractivity contribution in [2.75, 3.05) is 5.32 Å². The Morgan fingerprint density at radius 3 is 2.65 bits per heavy atom. The Hall–Kier alpha value is -0.950. The number of anilines is 1. The van der Waals surface area contributed by atoms with Crippen LogP contribution in [0.15, 0.2) is 36.9 Å². The second-order valence-electron chi connectivity index (χ2n) is 4.83. The van der Waals surface area contributed by atoms with Gasteiger partial charge in [-0.25, -0.2) is 0 Å². The number of nitrogens with one attached hydrogen (secondary N) is 1. The molecule has 1 N–H and O–H groups in total. The summed E-state index contributed by atoms with van der Waals surface area (Å²) in [5, 5.41) is 4.43. The summed E-state index contributed by atoms with van der Waals surface area (Å²) >= 11 is 5.89. The van der Waals surface area contributed by atoms with Crippen molar-refractivity contribution in [2.24, 2.45) is 5.92 Å². The molecule has 0 radical (unpaired) electrons. The van der Waals surface area contributed by atoms with Crippen LogP contribution in [0.25, 0.3) is 0 Å². The number of hydrogen-bond acceptors (Lipinski definition) is 1. The van der Waals surface area contributed by atoms with Crippen molar-refractivity contribution in [2.45, 2.75) is 38.1 Å². The Bertz CT molecular complexity index is 358. The van der Waals surface area contributed by atoms with Crippen LogP contribution in [0.3, 0.4) is 0 Å². The summed E-state index contributed by atoms with van der Waals surface area (Å²) in [7, 11) is 0. The summed E-state index contributed by atoms with van der Waals surface area (Å²) in [5.41, 5.74) is 1.18. The van der Waals surface area contributed by atoms with Gasteiger partial charge in [0.15, 0.2) is 0 Å². The van der Waals surface area contributed by atoms with Gasteiger partial charge in [0.2, 0.25) is 0 Å². The van der Waals surface area contributed by atoms with Crippen LogP contribution in [0, 0.1) is 5.92 Å². The van der Waals surface area contributed by atoms with Crippen molar-refractivity contribution in [3.8, 4) is 0 Å². The molecule has 0 amide bonds. The topological polar surface area (TPSA) is 12.0 Å². The van der Waals surface area contributed by atoms with E-state index < -0.39 is 0 Å². The zero-order chi connectivity index (χ0) is 12.1. The lowest BCUT2D eigenvalue weighted by atomic mass is 9.82. The lowest BCUT2D eigenvalue weighted by molar-refractivity contribution is 0.328. The van der Waals surface area contributed by atoms with Crippen molar-refractivity contribution in [3.63, 3.8) is 0 Å². The summed E-state index contributed by atoms with van der Waals surface area (Å²) in [5.74, 6) is 0.733. The molecule has 92 valence electrons. The molecule has 0 heterocycles. The number of hydrogen-bond donors (Lipinski definition) is 1. The van der Waals surface area contributed by atoms with Crippen molar-refractivity contribution in [1.29, 1.82) is 0 Å². The predicted octanol–water partition coefficient (Wildman–Crippen LogP) is 4.89. The minimum Gasteiger partial charge on any atom is -0.382 e. The lowest BCUT2D eigenvalue weighted by Crippen LogP contribution is -2.31. The molecule has 2 rings (SSSR count). The van der Waals surface area contributed by atoms with Crippen LogP contribution in [0.1, 0.15) is 32.1 Å². The first-order chi connectivity index (χ1) is 8.29. The summed E-state index contributed by atoms with van der Waals surface area (Å²) in [6, 6.07) is 8.58. The van der Waals surface area contributed by atoms with Gasteiger partial charge >= 0.3 is 0 Å². The largest absolute Gasteiger partial charge is 0.382 e. The third-order valence-electron chi connectivity index (χ3n) is 3.57. The van der Waals surface area contributed by atoms with Gasteiger partial charge in [0, 0.05) is 16.8 Å². The Balaban J connectivity index is 1.99. The van der Waals surface area contributed by atoms with Crippen LogP contribution in [0.2, 0.25) is 5.02 Å². The summed E-state index contributed by atoms with van der Waals surface area (Å²) in [6.07, 6.45) is 8.44. The first-order valence-corrected chi connectivity index (χ1v) is 6.80. The van der Waals surface area contributed by atoms with Crippen LogP contribution in [-0.4, -0.2) is 6.04 Å². The third-order valence-corrected chi connectivity index (χ3v) is 3.83. The number of rotatable bonds is 4. The molecule has 2 heteroatoms. The van der Waals surface area contributed by atoms with Crippen molar-refractivity contribution >= 4 is 17.3 Å². The van der Waals surface area contributed by atoms with E-state index in [9.17, 15) is 0 Å². The Morgan fingerprint density at radius 2 is 1.94 bits per heavy atom. The van der Waals surface area contributed by atoms with Gasteiger partial charge in [0.1, 0.15) is 0 Å². The third kappa shape index (κ3) is 3.50. The van der Waals surface area contributed by atoms with E-state index in [0.717, 1.165) is 17.4 Å². The summed E-state index contributed by atoms with van der Waals surface area (Å²) < 4.78 is 0. The number of halogens is 1. The minimum absolute atomic E-state index is 0.586. The molecule has 1 nitrogen and oxygen atoms in total. The summed E-state index contributed by atoms with van der Waals surface area (Å²) in [4.78, 5) is 0. The van der Waals surface area contributed by atoms with E-state index in [1.807, 2.05) is 18.2 Å². The molecule has 0 aliphatic heterocycles. The smallest absolute Gasteiger partial charge is 0.0407 e. The highest BCUT2D eigenvalue weighted by atomic mass is 35.5. The standard InChI is InChI=1S/C15H20ClN/c1-2-5-12-6-3-4-7-15(12)17-14-10-8-13(16)9-11-14/h2,8-12,15,17H,1,3-7H2. The SMILES string of the molecule is C=CCC1CCCCC1Nc1ccc(Cl)cc1. The minimum atomic E-state index is 0.586. The molecule has 1 fully saturated rings. The second kappa shape index (κ2) is 6.11. The quantitative estimate of drug-likeness (QED) is 0.750. The molecule has 1 aromatic carbocycles. The Morgan fingerprint density at radius 1 is 1.24 bits per heavy atom. The molecule has 0 aromatic heterocycles. The van der Waals surface area contributed by atoms with Crippen LogP contribution >= 0.6 is 11.6 Å². The van der Waals surface area contributed by atoms with Gasteiger partial charge in [-0.1, -0.05) is 30.5 Å². The monoisotopic (exact) mass is 249 g/mol.